The largest absolute Gasteiger partial charge is 0.383 e. The predicted molar refractivity (Wildman–Crippen MR) is 67.9 cm³/mol. The Bertz CT molecular complexity index is 506. The Morgan fingerprint density at radius 1 is 1.33 bits per heavy atom. The molecule has 2 N–H and O–H groups in total. The van der Waals surface area contributed by atoms with Crippen LogP contribution in [0.1, 0.15) is 25.3 Å². The highest BCUT2D eigenvalue weighted by Gasteiger charge is 2.08. The van der Waals surface area contributed by atoms with E-state index in [9.17, 15) is 0 Å². The molecular formula is C12H13BrN2. The van der Waals surface area contributed by atoms with Gasteiger partial charge < -0.3 is 5.73 Å². The highest BCUT2D eigenvalue weighted by atomic mass is 79.9. The summed E-state index contributed by atoms with van der Waals surface area (Å²) < 4.78 is 0.988. The summed E-state index contributed by atoms with van der Waals surface area (Å²) >= 11 is 3.47. The number of anilines is 1. The second-order valence-electron chi connectivity index (χ2n) is 3.93. The summed E-state index contributed by atoms with van der Waals surface area (Å²) in [4.78, 5) is 4.43. The third-order valence-corrected chi connectivity index (χ3v) is 3.12. The fourth-order valence-electron chi connectivity index (χ4n) is 1.66. The zero-order chi connectivity index (χ0) is 11.0. The quantitative estimate of drug-likeness (QED) is 0.853. The number of nitrogens with zero attached hydrogens (tertiary/aromatic N) is 1. The molecule has 0 atom stereocenters. The Labute approximate surface area is 97.6 Å². The van der Waals surface area contributed by atoms with E-state index in [1.165, 1.54) is 0 Å². The number of pyridine rings is 1. The molecule has 0 fully saturated rings. The average Bonchev–Trinajstić information content (AvgIpc) is 2.18. The maximum atomic E-state index is 5.92. The second-order valence-corrected chi connectivity index (χ2v) is 4.78. The van der Waals surface area contributed by atoms with E-state index < -0.39 is 0 Å². The second kappa shape index (κ2) is 3.81. The van der Waals surface area contributed by atoms with E-state index in [0.29, 0.717) is 11.7 Å². The molecule has 0 saturated heterocycles. The van der Waals surface area contributed by atoms with Gasteiger partial charge in [-0.05, 0) is 39.5 Å². The Morgan fingerprint density at radius 2 is 2.07 bits per heavy atom. The van der Waals surface area contributed by atoms with Crippen molar-refractivity contribution in [2.24, 2.45) is 0 Å². The van der Waals surface area contributed by atoms with E-state index in [1.54, 1.807) is 0 Å². The van der Waals surface area contributed by atoms with Crippen LogP contribution in [-0.2, 0) is 0 Å². The van der Waals surface area contributed by atoms with Gasteiger partial charge in [0.1, 0.15) is 5.82 Å². The molecular weight excluding hydrogens is 252 g/mol. The van der Waals surface area contributed by atoms with E-state index in [4.69, 9.17) is 5.73 Å². The first-order chi connectivity index (χ1) is 7.09. The summed E-state index contributed by atoms with van der Waals surface area (Å²) in [5, 5.41) is 1.13. The SMILES string of the molecule is CC(C)c1cc2cccc(Br)c2nc1N. The predicted octanol–water partition coefficient (Wildman–Crippen LogP) is 3.70. The van der Waals surface area contributed by atoms with Crippen molar-refractivity contribution < 1.29 is 0 Å². The minimum atomic E-state index is 0.404. The summed E-state index contributed by atoms with van der Waals surface area (Å²) in [5.74, 6) is 1.03. The van der Waals surface area contributed by atoms with Crippen molar-refractivity contribution in [1.82, 2.24) is 4.98 Å². The lowest BCUT2D eigenvalue weighted by molar-refractivity contribution is 0.866. The molecule has 3 heteroatoms. The fourth-order valence-corrected chi connectivity index (χ4v) is 2.13. The van der Waals surface area contributed by atoms with Crippen molar-refractivity contribution in [3.8, 4) is 0 Å². The summed E-state index contributed by atoms with van der Waals surface area (Å²) in [6, 6.07) is 8.16. The van der Waals surface area contributed by atoms with Gasteiger partial charge in [0.05, 0.1) is 5.52 Å². The van der Waals surface area contributed by atoms with E-state index in [1.807, 2.05) is 12.1 Å². The molecule has 1 aromatic heterocycles. The van der Waals surface area contributed by atoms with E-state index in [0.717, 1.165) is 20.9 Å². The lowest BCUT2D eigenvalue weighted by atomic mass is 10.0. The normalized spacial score (nSPS) is 11.2. The Morgan fingerprint density at radius 3 is 2.73 bits per heavy atom. The first kappa shape index (κ1) is 10.4. The van der Waals surface area contributed by atoms with Crippen LogP contribution < -0.4 is 5.73 Å². The monoisotopic (exact) mass is 264 g/mol. The molecule has 15 heavy (non-hydrogen) atoms. The Balaban J connectivity index is 2.76. The first-order valence-electron chi connectivity index (χ1n) is 4.94. The molecule has 2 aromatic rings. The maximum Gasteiger partial charge on any atom is 0.127 e. The number of nitrogens with two attached hydrogens (primary N) is 1. The van der Waals surface area contributed by atoms with Gasteiger partial charge in [0.15, 0.2) is 0 Å². The van der Waals surface area contributed by atoms with Crippen molar-refractivity contribution in [1.29, 1.82) is 0 Å². The molecule has 0 radical (unpaired) electrons. The molecule has 0 spiro atoms. The molecule has 0 aliphatic rings. The molecule has 0 aliphatic carbocycles. The zero-order valence-corrected chi connectivity index (χ0v) is 10.4. The van der Waals surface area contributed by atoms with E-state index in [2.05, 4.69) is 46.9 Å². The Kier molecular flexibility index (Phi) is 2.65. The fraction of sp³-hybridized carbons (Fsp3) is 0.250. The van der Waals surface area contributed by atoms with Gasteiger partial charge in [0.2, 0.25) is 0 Å². The van der Waals surface area contributed by atoms with Crippen molar-refractivity contribution in [2.75, 3.05) is 5.73 Å². The van der Waals surface area contributed by atoms with Crippen LogP contribution in [0.2, 0.25) is 0 Å². The molecule has 2 rings (SSSR count). The minimum Gasteiger partial charge on any atom is -0.383 e. The lowest BCUT2D eigenvalue weighted by Crippen LogP contribution is -2.00. The van der Waals surface area contributed by atoms with Crippen LogP contribution in [0.25, 0.3) is 10.9 Å². The number of benzene rings is 1. The third kappa shape index (κ3) is 1.84. The Hall–Kier alpha value is -1.09. The lowest BCUT2D eigenvalue weighted by Gasteiger charge is -2.10. The van der Waals surface area contributed by atoms with Crippen LogP contribution in [0.3, 0.4) is 0 Å². The van der Waals surface area contributed by atoms with Crippen molar-refractivity contribution in [2.45, 2.75) is 19.8 Å². The molecule has 1 heterocycles. The van der Waals surface area contributed by atoms with E-state index >= 15 is 0 Å². The molecule has 0 amide bonds. The average molecular weight is 265 g/mol. The van der Waals surface area contributed by atoms with Crippen molar-refractivity contribution in [3.63, 3.8) is 0 Å². The van der Waals surface area contributed by atoms with Gasteiger partial charge in [-0.15, -0.1) is 0 Å². The topological polar surface area (TPSA) is 38.9 Å². The van der Waals surface area contributed by atoms with E-state index in [-0.39, 0.29) is 0 Å². The number of hydrogen-bond acceptors (Lipinski definition) is 2. The van der Waals surface area contributed by atoms with Gasteiger partial charge in [-0.3, -0.25) is 0 Å². The minimum absolute atomic E-state index is 0.404. The number of hydrogen-bond donors (Lipinski definition) is 1. The van der Waals surface area contributed by atoms with Gasteiger partial charge in [-0.2, -0.15) is 0 Å². The molecule has 0 unspecified atom stereocenters. The summed E-state index contributed by atoms with van der Waals surface area (Å²) in [5.41, 5.74) is 7.97. The molecule has 1 aromatic carbocycles. The smallest absolute Gasteiger partial charge is 0.127 e. The molecule has 78 valence electrons. The van der Waals surface area contributed by atoms with Crippen LogP contribution >= 0.6 is 15.9 Å². The third-order valence-electron chi connectivity index (χ3n) is 2.48. The number of rotatable bonds is 1. The molecule has 2 nitrogen and oxygen atoms in total. The summed E-state index contributed by atoms with van der Waals surface area (Å²) in [6.07, 6.45) is 0. The van der Waals surface area contributed by atoms with Crippen molar-refractivity contribution >= 4 is 32.7 Å². The molecule has 0 saturated carbocycles. The van der Waals surface area contributed by atoms with Crippen LogP contribution in [-0.4, -0.2) is 4.98 Å². The summed E-state index contributed by atoms with van der Waals surface area (Å²) in [6.45, 7) is 4.24. The van der Waals surface area contributed by atoms with Crippen LogP contribution in [0.5, 0.6) is 0 Å². The van der Waals surface area contributed by atoms with Crippen LogP contribution in [0.4, 0.5) is 5.82 Å². The number of nitrogen functional groups attached to an aromatic ring is 1. The van der Waals surface area contributed by atoms with Gasteiger partial charge in [-0.25, -0.2) is 4.98 Å². The van der Waals surface area contributed by atoms with Crippen LogP contribution in [0.15, 0.2) is 28.7 Å². The maximum absolute atomic E-state index is 5.92. The number of fused-ring (bicyclic) bond motifs is 1. The van der Waals surface area contributed by atoms with Crippen molar-refractivity contribution in [3.05, 3.63) is 34.3 Å². The highest BCUT2D eigenvalue weighted by Crippen LogP contribution is 2.28. The van der Waals surface area contributed by atoms with Gasteiger partial charge in [-0.1, -0.05) is 26.0 Å². The first-order valence-corrected chi connectivity index (χ1v) is 5.73. The van der Waals surface area contributed by atoms with Gasteiger partial charge in [0, 0.05) is 9.86 Å². The number of para-hydroxylation sites is 1. The highest BCUT2D eigenvalue weighted by molar-refractivity contribution is 9.10. The van der Waals surface area contributed by atoms with Gasteiger partial charge >= 0.3 is 0 Å². The number of aromatic nitrogens is 1. The zero-order valence-electron chi connectivity index (χ0n) is 8.79. The number of halogens is 1. The molecule has 0 aliphatic heterocycles. The standard InChI is InChI=1S/C12H13BrN2/c1-7(2)9-6-8-4-3-5-10(13)11(8)15-12(9)14/h3-7H,1-2H3,(H2,14,15). The van der Waals surface area contributed by atoms with Gasteiger partial charge in [0.25, 0.3) is 0 Å². The summed E-state index contributed by atoms with van der Waals surface area (Å²) in [7, 11) is 0. The van der Waals surface area contributed by atoms with Crippen LogP contribution in [0, 0.1) is 0 Å². The molecule has 0 bridgehead atoms.